The summed E-state index contributed by atoms with van der Waals surface area (Å²) in [4.78, 5) is 0. The second-order valence-electron chi connectivity index (χ2n) is 6.68. The zero-order valence-electron chi connectivity index (χ0n) is 12.9. The van der Waals surface area contributed by atoms with E-state index in [0.29, 0.717) is 13.1 Å². The van der Waals surface area contributed by atoms with Crippen LogP contribution in [0.3, 0.4) is 0 Å². The summed E-state index contributed by atoms with van der Waals surface area (Å²) < 4.78 is 26.7. The van der Waals surface area contributed by atoms with Gasteiger partial charge in [0.25, 0.3) is 0 Å². The molecule has 0 radical (unpaired) electrons. The Bertz CT molecular complexity index is 379. The third kappa shape index (κ3) is 3.31. The number of nitrogens with two attached hydrogens (primary N) is 1. The van der Waals surface area contributed by atoms with Crippen molar-refractivity contribution >= 4 is 10.0 Å². The third-order valence-electron chi connectivity index (χ3n) is 4.18. The summed E-state index contributed by atoms with van der Waals surface area (Å²) in [6.07, 6.45) is 5.99. The zero-order valence-corrected chi connectivity index (χ0v) is 13.7. The molecule has 1 rings (SSSR count). The highest BCUT2D eigenvalue weighted by molar-refractivity contribution is 7.90. The van der Waals surface area contributed by atoms with Crippen LogP contribution in [0.25, 0.3) is 0 Å². The molecule has 0 aromatic heterocycles. The van der Waals surface area contributed by atoms with E-state index in [0.717, 1.165) is 32.1 Å². The van der Waals surface area contributed by atoms with E-state index in [9.17, 15) is 8.42 Å². The number of rotatable bonds is 5. The number of sulfonamides is 1. The first-order chi connectivity index (χ1) is 8.71. The van der Waals surface area contributed by atoms with Crippen molar-refractivity contribution in [2.75, 3.05) is 13.1 Å². The molecule has 0 aromatic carbocycles. The monoisotopic (exact) mass is 290 g/mol. The van der Waals surface area contributed by atoms with Crippen molar-refractivity contribution in [1.29, 1.82) is 0 Å². The quantitative estimate of drug-likeness (QED) is 0.846. The minimum Gasteiger partial charge on any atom is -0.329 e. The fraction of sp³-hybridized carbons (Fsp3) is 1.00. The van der Waals surface area contributed by atoms with Crippen LogP contribution < -0.4 is 5.73 Å². The molecule has 0 spiro atoms. The molecule has 0 unspecified atom stereocenters. The molecule has 19 heavy (non-hydrogen) atoms. The highest BCUT2D eigenvalue weighted by Crippen LogP contribution is 2.37. The summed E-state index contributed by atoms with van der Waals surface area (Å²) >= 11 is 0. The molecule has 0 amide bonds. The standard InChI is InChI=1S/C14H30N2O2S/c1-5-11-16(19(17,18)13(2,3)4)14(12-15)9-7-6-8-10-14/h5-12,15H2,1-4H3. The second kappa shape index (κ2) is 6.10. The molecular weight excluding hydrogens is 260 g/mol. The molecule has 0 aliphatic heterocycles. The van der Waals surface area contributed by atoms with Gasteiger partial charge >= 0.3 is 0 Å². The SMILES string of the molecule is CCCN(C1(CN)CCCCC1)S(=O)(=O)C(C)(C)C. The van der Waals surface area contributed by atoms with Gasteiger partial charge in [0, 0.05) is 18.6 Å². The highest BCUT2D eigenvalue weighted by Gasteiger charge is 2.46. The Balaban J connectivity index is 3.18. The van der Waals surface area contributed by atoms with E-state index in [-0.39, 0.29) is 5.54 Å². The average Bonchev–Trinajstić information content (AvgIpc) is 2.35. The van der Waals surface area contributed by atoms with E-state index >= 15 is 0 Å². The van der Waals surface area contributed by atoms with Crippen LogP contribution >= 0.6 is 0 Å². The maximum absolute atomic E-state index is 12.9. The first-order valence-corrected chi connectivity index (χ1v) is 8.88. The molecule has 4 nitrogen and oxygen atoms in total. The largest absolute Gasteiger partial charge is 0.329 e. The first kappa shape index (κ1) is 16.9. The van der Waals surface area contributed by atoms with Crippen molar-refractivity contribution in [3.8, 4) is 0 Å². The van der Waals surface area contributed by atoms with Crippen LogP contribution in [0.1, 0.15) is 66.2 Å². The van der Waals surface area contributed by atoms with Crippen LogP contribution in [-0.2, 0) is 10.0 Å². The van der Waals surface area contributed by atoms with Gasteiger partial charge in [-0.1, -0.05) is 26.2 Å². The highest BCUT2D eigenvalue weighted by atomic mass is 32.2. The average molecular weight is 290 g/mol. The van der Waals surface area contributed by atoms with Gasteiger partial charge in [0.1, 0.15) is 0 Å². The summed E-state index contributed by atoms with van der Waals surface area (Å²) in [5, 5.41) is 0. The lowest BCUT2D eigenvalue weighted by Gasteiger charge is -2.47. The van der Waals surface area contributed by atoms with Crippen molar-refractivity contribution in [1.82, 2.24) is 4.31 Å². The molecule has 114 valence electrons. The van der Waals surface area contributed by atoms with E-state index in [2.05, 4.69) is 0 Å². The van der Waals surface area contributed by atoms with E-state index in [1.54, 1.807) is 25.1 Å². The molecule has 2 N–H and O–H groups in total. The Morgan fingerprint density at radius 1 is 1.16 bits per heavy atom. The van der Waals surface area contributed by atoms with Gasteiger partial charge in [0.2, 0.25) is 10.0 Å². The number of nitrogens with zero attached hydrogens (tertiary/aromatic N) is 1. The molecular formula is C14H30N2O2S. The van der Waals surface area contributed by atoms with E-state index < -0.39 is 14.8 Å². The first-order valence-electron chi connectivity index (χ1n) is 7.44. The van der Waals surface area contributed by atoms with Crippen LogP contribution in [0.5, 0.6) is 0 Å². The Morgan fingerprint density at radius 2 is 1.68 bits per heavy atom. The smallest absolute Gasteiger partial charge is 0.219 e. The minimum absolute atomic E-state index is 0.347. The lowest BCUT2D eigenvalue weighted by molar-refractivity contribution is 0.133. The molecule has 0 bridgehead atoms. The molecule has 1 aliphatic carbocycles. The van der Waals surface area contributed by atoms with Gasteiger partial charge in [-0.3, -0.25) is 0 Å². The lowest BCUT2D eigenvalue weighted by atomic mass is 9.81. The van der Waals surface area contributed by atoms with Gasteiger partial charge in [-0.2, -0.15) is 4.31 Å². The van der Waals surface area contributed by atoms with Crippen LogP contribution in [0.2, 0.25) is 0 Å². The molecule has 0 saturated heterocycles. The fourth-order valence-corrected chi connectivity index (χ4v) is 4.76. The summed E-state index contributed by atoms with van der Waals surface area (Å²) in [5.41, 5.74) is 5.66. The third-order valence-corrected chi connectivity index (χ3v) is 6.88. The fourth-order valence-electron chi connectivity index (χ4n) is 2.91. The second-order valence-corrected chi connectivity index (χ2v) is 9.29. The normalized spacial score (nSPS) is 20.7. The van der Waals surface area contributed by atoms with Crippen molar-refractivity contribution in [2.45, 2.75) is 76.5 Å². The molecule has 0 atom stereocenters. The van der Waals surface area contributed by atoms with Crippen molar-refractivity contribution in [3.05, 3.63) is 0 Å². The molecule has 0 heterocycles. The van der Waals surface area contributed by atoms with Crippen molar-refractivity contribution < 1.29 is 8.42 Å². The summed E-state index contributed by atoms with van der Waals surface area (Å²) in [6.45, 7) is 8.37. The van der Waals surface area contributed by atoms with Crippen LogP contribution in [-0.4, -0.2) is 36.1 Å². The van der Waals surface area contributed by atoms with E-state index in [1.165, 1.54) is 6.42 Å². The Labute approximate surface area is 118 Å². The summed E-state index contributed by atoms with van der Waals surface area (Å²) in [5.74, 6) is 0. The zero-order chi connectivity index (χ0) is 14.7. The molecule has 0 aromatic rings. The molecule has 1 aliphatic rings. The van der Waals surface area contributed by atoms with Gasteiger partial charge in [0.05, 0.1) is 4.75 Å². The summed E-state index contributed by atoms with van der Waals surface area (Å²) in [6, 6.07) is 0. The van der Waals surface area contributed by atoms with Crippen molar-refractivity contribution in [3.63, 3.8) is 0 Å². The predicted octanol–water partition coefficient (Wildman–Crippen LogP) is 2.49. The number of hydrogen-bond donors (Lipinski definition) is 1. The Morgan fingerprint density at radius 3 is 2.05 bits per heavy atom. The summed E-state index contributed by atoms with van der Waals surface area (Å²) in [7, 11) is -3.32. The van der Waals surface area contributed by atoms with Crippen molar-refractivity contribution in [2.24, 2.45) is 5.73 Å². The van der Waals surface area contributed by atoms with E-state index in [4.69, 9.17) is 5.73 Å². The molecule has 1 fully saturated rings. The maximum Gasteiger partial charge on any atom is 0.219 e. The maximum atomic E-state index is 12.9. The van der Waals surface area contributed by atoms with Gasteiger partial charge in [0.15, 0.2) is 0 Å². The molecule has 5 heteroatoms. The minimum atomic E-state index is -3.32. The van der Waals surface area contributed by atoms with Gasteiger partial charge in [-0.25, -0.2) is 8.42 Å². The van der Waals surface area contributed by atoms with Crippen LogP contribution in [0.15, 0.2) is 0 Å². The van der Waals surface area contributed by atoms with Gasteiger partial charge in [-0.05, 0) is 40.0 Å². The van der Waals surface area contributed by atoms with Crippen LogP contribution in [0.4, 0.5) is 0 Å². The lowest BCUT2D eigenvalue weighted by Crippen LogP contribution is -2.60. The van der Waals surface area contributed by atoms with Crippen LogP contribution in [0, 0.1) is 0 Å². The number of hydrogen-bond acceptors (Lipinski definition) is 3. The van der Waals surface area contributed by atoms with E-state index in [1.807, 2.05) is 6.92 Å². The van der Waals surface area contributed by atoms with Gasteiger partial charge in [-0.15, -0.1) is 0 Å². The Hall–Kier alpha value is -0.130. The van der Waals surface area contributed by atoms with Gasteiger partial charge < -0.3 is 5.73 Å². The Kier molecular flexibility index (Phi) is 5.43. The predicted molar refractivity (Wildman–Crippen MR) is 80.5 cm³/mol. The molecule has 1 saturated carbocycles. The topological polar surface area (TPSA) is 63.4 Å².